The van der Waals surface area contributed by atoms with Crippen LogP contribution in [0, 0.1) is 11.3 Å². The van der Waals surface area contributed by atoms with Crippen molar-refractivity contribution in [2.24, 2.45) is 11.3 Å². The Bertz CT molecular complexity index is 777. The van der Waals surface area contributed by atoms with Gasteiger partial charge in [-0.15, -0.1) is 0 Å². The summed E-state index contributed by atoms with van der Waals surface area (Å²) >= 11 is 0. The lowest BCUT2D eigenvalue weighted by Gasteiger charge is -2.33. The number of benzene rings is 1. The highest BCUT2D eigenvalue weighted by Crippen LogP contribution is 2.59. The minimum absolute atomic E-state index is 0.113. The number of likely N-dealkylation sites (tertiary alicyclic amines) is 1. The van der Waals surface area contributed by atoms with Crippen molar-refractivity contribution in [3.63, 3.8) is 0 Å². The Morgan fingerprint density at radius 3 is 2.59 bits per heavy atom. The largest absolute Gasteiger partial charge is 0.469 e. The lowest BCUT2D eigenvalue weighted by atomic mass is 9.90. The van der Waals surface area contributed by atoms with Crippen LogP contribution >= 0.6 is 0 Å². The van der Waals surface area contributed by atoms with Crippen LogP contribution in [0.1, 0.15) is 37.0 Å². The molecule has 4 rings (SSSR count). The maximum atomic E-state index is 12.5. The summed E-state index contributed by atoms with van der Waals surface area (Å²) in [7, 11) is 0. The van der Waals surface area contributed by atoms with Gasteiger partial charge in [0.1, 0.15) is 5.76 Å². The molecule has 2 aromatic rings. The van der Waals surface area contributed by atoms with E-state index in [0.717, 1.165) is 43.7 Å². The molecule has 1 atom stereocenters. The molecular weight excluding hydrogens is 340 g/mol. The van der Waals surface area contributed by atoms with Crippen molar-refractivity contribution >= 4 is 11.8 Å². The zero-order valence-electron chi connectivity index (χ0n) is 15.5. The standard InChI is InChI=1S/C22H26N2O3/c25-20(9-8-18-7-4-14-27-18)24-12-10-22(11-13-24)15-19(22)21(26)23-16-17-5-2-1-3-6-17/h1-7,14,19H,8-13,15-16H2,(H,23,26)/t19-/m0/s1. The molecule has 5 nitrogen and oxygen atoms in total. The molecule has 2 fully saturated rings. The van der Waals surface area contributed by atoms with Gasteiger partial charge in [0, 0.05) is 38.4 Å². The monoisotopic (exact) mass is 366 g/mol. The van der Waals surface area contributed by atoms with Crippen LogP contribution in [0.5, 0.6) is 0 Å². The van der Waals surface area contributed by atoms with Gasteiger partial charge in [0.2, 0.25) is 11.8 Å². The highest BCUT2D eigenvalue weighted by molar-refractivity contribution is 5.83. The molecular formula is C22H26N2O3. The SMILES string of the molecule is O=C(NCc1ccccc1)[C@@H]1CC12CCN(C(=O)CCc1ccco1)CC2. The van der Waals surface area contributed by atoms with E-state index in [1.54, 1.807) is 6.26 Å². The molecule has 27 heavy (non-hydrogen) atoms. The van der Waals surface area contributed by atoms with Crippen molar-refractivity contribution in [2.45, 2.75) is 38.6 Å². The number of aryl methyl sites for hydroxylation is 1. The summed E-state index contributed by atoms with van der Waals surface area (Å²) in [5.41, 5.74) is 1.25. The smallest absolute Gasteiger partial charge is 0.223 e. The molecule has 0 unspecified atom stereocenters. The van der Waals surface area contributed by atoms with Crippen molar-refractivity contribution in [3.8, 4) is 0 Å². The van der Waals surface area contributed by atoms with E-state index >= 15 is 0 Å². The van der Waals surface area contributed by atoms with E-state index < -0.39 is 0 Å². The Hall–Kier alpha value is -2.56. The molecule has 0 bridgehead atoms. The fourth-order valence-corrected chi connectivity index (χ4v) is 4.22. The number of rotatable bonds is 6. The molecule has 1 aliphatic heterocycles. The lowest BCUT2D eigenvalue weighted by Crippen LogP contribution is -2.40. The van der Waals surface area contributed by atoms with Gasteiger partial charge >= 0.3 is 0 Å². The predicted molar refractivity (Wildman–Crippen MR) is 102 cm³/mol. The number of carbonyl (C=O) groups excluding carboxylic acids is 2. The molecule has 2 heterocycles. The Morgan fingerprint density at radius 2 is 1.89 bits per heavy atom. The van der Waals surface area contributed by atoms with E-state index in [1.165, 1.54) is 0 Å². The summed E-state index contributed by atoms with van der Waals surface area (Å²) in [5, 5.41) is 3.07. The predicted octanol–water partition coefficient (Wildman–Crippen LogP) is 3.16. The maximum absolute atomic E-state index is 12.5. The van der Waals surface area contributed by atoms with E-state index in [2.05, 4.69) is 5.32 Å². The third-order valence-corrected chi connectivity index (χ3v) is 6.09. The van der Waals surface area contributed by atoms with Gasteiger partial charge in [0.25, 0.3) is 0 Å². The highest BCUT2D eigenvalue weighted by atomic mass is 16.3. The minimum Gasteiger partial charge on any atom is -0.469 e. The average Bonchev–Trinajstić information content (AvgIpc) is 3.14. The van der Waals surface area contributed by atoms with Crippen LogP contribution < -0.4 is 5.32 Å². The number of piperidine rings is 1. The van der Waals surface area contributed by atoms with Crippen LogP contribution in [-0.4, -0.2) is 29.8 Å². The topological polar surface area (TPSA) is 62.6 Å². The van der Waals surface area contributed by atoms with Gasteiger partial charge < -0.3 is 14.6 Å². The zero-order valence-corrected chi connectivity index (χ0v) is 15.5. The van der Waals surface area contributed by atoms with Gasteiger partial charge in [-0.25, -0.2) is 0 Å². The maximum Gasteiger partial charge on any atom is 0.223 e. The van der Waals surface area contributed by atoms with Crippen molar-refractivity contribution in [1.82, 2.24) is 10.2 Å². The molecule has 2 amide bonds. The van der Waals surface area contributed by atoms with Gasteiger partial charge in [-0.3, -0.25) is 9.59 Å². The third-order valence-electron chi connectivity index (χ3n) is 6.09. The first kappa shape index (κ1) is 17.8. The Balaban J connectivity index is 1.21. The van der Waals surface area contributed by atoms with E-state index in [1.807, 2.05) is 47.4 Å². The first-order valence-electron chi connectivity index (χ1n) is 9.78. The Labute approximate surface area is 159 Å². The normalized spacial score (nSPS) is 20.4. The van der Waals surface area contributed by atoms with Gasteiger partial charge in [-0.1, -0.05) is 30.3 Å². The zero-order chi connectivity index (χ0) is 18.7. The summed E-state index contributed by atoms with van der Waals surface area (Å²) in [6.07, 6.45) is 5.61. The van der Waals surface area contributed by atoms with Gasteiger partial charge in [0.05, 0.1) is 6.26 Å². The molecule has 1 saturated carbocycles. The molecule has 1 N–H and O–H groups in total. The van der Waals surface area contributed by atoms with Crippen LogP contribution in [0.25, 0.3) is 0 Å². The van der Waals surface area contributed by atoms with E-state index in [-0.39, 0.29) is 23.1 Å². The highest BCUT2D eigenvalue weighted by Gasteiger charge is 2.58. The van der Waals surface area contributed by atoms with Gasteiger partial charge in [-0.2, -0.15) is 0 Å². The van der Waals surface area contributed by atoms with Crippen LogP contribution in [0.15, 0.2) is 53.1 Å². The second-order valence-corrected chi connectivity index (χ2v) is 7.78. The molecule has 1 spiro atoms. The van der Waals surface area contributed by atoms with E-state index in [9.17, 15) is 9.59 Å². The molecule has 1 saturated heterocycles. The van der Waals surface area contributed by atoms with Crippen molar-refractivity contribution in [3.05, 3.63) is 60.1 Å². The Kier molecular flexibility index (Phi) is 5.01. The number of furan rings is 1. The minimum atomic E-state index is 0.113. The van der Waals surface area contributed by atoms with Gasteiger partial charge in [0.15, 0.2) is 0 Å². The molecule has 1 aromatic heterocycles. The number of nitrogens with zero attached hydrogens (tertiary/aromatic N) is 1. The first-order valence-corrected chi connectivity index (χ1v) is 9.78. The summed E-state index contributed by atoms with van der Waals surface area (Å²) in [4.78, 5) is 26.9. The first-order chi connectivity index (χ1) is 13.2. The Morgan fingerprint density at radius 1 is 1.11 bits per heavy atom. The van der Waals surface area contributed by atoms with Crippen molar-refractivity contribution < 1.29 is 14.0 Å². The molecule has 0 radical (unpaired) electrons. The number of amides is 2. The summed E-state index contributed by atoms with van der Waals surface area (Å²) < 4.78 is 5.29. The summed E-state index contributed by atoms with van der Waals surface area (Å²) in [6, 6.07) is 13.7. The van der Waals surface area contributed by atoms with Gasteiger partial charge in [-0.05, 0) is 42.4 Å². The fraction of sp³-hybridized carbons (Fsp3) is 0.455. The molecule has 1 aliphatic carbocycles. The number of hydrogen-bond acceptors (Lipinski definition) is 3. The molecule has 2 aliphatic rings. The van der Waals surface area contributed by atoms with Crippen LogP contribution in [0.3, 0.4) is 0 Å². The average molecular weight is 366 g/mol. The molecule has 5 heteroatoms. The number of nitrogens with one attached hydrogen (secondary N) is 1. The summed E-state index contributed by atoms with van der Waals surface area (Å²) in [6.45, 7) is 2.11. The van der Waals surface area contributed by atoms with Crippen LogP contribution in [0.2, 0.25) is 0 Å². The van der Waals surface area contributed by atoms with Crippen LogP contribution in [-0.2, 0) is 22.6 Å². The lowest BCUT2D eigenvalue weighted by molar-refractivity contribution is -0.133. The molecule has 1 aromatic carbocycles. The molecule has 142 valence electrons. The van der Waals surface area contributed by atoms with Crippen molar-refractivity contribution in [2.75, 3.05) is 13.1 Å². The third kappa shape index (κ3) is 4.07. The second kappa shape index (κ2) is 7.59. The van der Waals surface area contributed by atoms with E-state index in [4.69, 9.17) is 4.42 Å². The second-order valence-electron chi connectivity index (χ2n) is 7.78. The number of carbonyl (C=O) groups is 2. The summed E-state index contributed by atoms with van der Waals surface area (Å²) in [5.74, 6) is 1.32. The van der Waals surface area contributed by atoms with Crippen molar-refractivity contribution in [1.29, 1.82) is 0 Å². The number of hydrogen-bond donors (Lipinski definition) is 1. The van der Waals surface area contributed by atoms with E-state index in [0.29, 0.717) is 19.4 Å². The van der Waals surface area contributed by atoms with Crippen LogP contribution in [0.4, 0.5) is 0 Å². The quantitative estimate of drug-likeness (QED) is 0.854. The fourth-order valence-electron chi connectivity index (χ4n) is 4.22.